The summed E-state index contributed by atoms with van der Waals surface area (Å²) in [5.74, 6) is -1.22. The van der Waals surface area contributed by atoms with Crippen LogP contribution in [0.15, 0.2) is 0 Å². The highest BCUT2D eigenvalue weighted by Crippen LogP contribution is 2.20. The van der Waals surface area contributed by atoms with Crippen LogP contribution in [0.5, 0.6) is 0 Å². The fourth-order valence-corrected chi connectivity index (χ4v) is 1.35. The van der Waals surface area contributed by atoms with Crippen LogP contribution in [-0.2, 0) is 9.53 Å². The van der Waals surface area contributed by atoms with Gasteiger partial charge in [0.25, 0.3) is 0 Å². The van der Waals surface area contributed by atoms with Gasteiger partial charge in [-0.15, -0.1) is 0 Å². The first-order chi connectivity index (χ1) is 6.41. The van der Waals surface area contributed by atoms with Crippen molar-refractivity contribution in [2.75, 3.05) is 0 Å². The number of carbonyl (C=O) groups is 1. The van der Waals surface area contributed by atoms with Crippen molar-refractivity contribution in [3.8, 4) is 0 Å². The molecule has 0 spiro atoms. The molecular formula is C8H14O3. The SMILES string of the molecule is [2H]C([2H])([2H])C(=O)O[C@H]1CCCC[C@H]1O. The van der Waals surface area contributed by atoms with Gasteiger partial charge in [0, 0.05) is 11.0 Å². The van der Waals surface area contributed by atoms with Gasteiger partial charge in [-0.2, -0.15) is 0 Å². The highest BCUT2D eigenvalue weighted by Gasteiger charge is 2.24. The molecule has 3 heteroatoms. The number of aliphatic hydroxyl groups is 1. The van der Waals surface area contributed by atoms with E-state index in [2.05, 4.69) is 0 Å². The molecule has 0 amide bonds. The molecule has 11 heavy (non-hydrogen) atoms. The predicted molar refractivity (Wildman–Crippen MR) is 40.0 cm³/mol. The summed E-state index contributed by atoms with van der Waals surface area (Å²) in [6.07, 6.45) is 1.51. The molecule has 0 bridgehead atoms. The lowest BCUT2D eigenvalue weighted by molar-refractivity contribution is -0.154. The summed E-state index contributed by atoms with van der Waals surface area (Å²) in [4.78, 5) is 11.0. The van der Waals surface area contributed by atoms with Crippen LogP contribution in [0.25, 0.3) is 0 Å². The van der Waals surface area contributed by atoms with Crippen LogP contribution in [-0.4, -0.2) is 23.3 Å². The normalized spacial score (nSPS) is 36.6. The maximum absolute atomic E-state index is 11.0. The number of esters is 1. The second kappa shape index (κ2) is 3.72. The van der Waals surface area contributed by atoms with Gasteiger partial charge in [-0.3, -0.25) is 4.79 Å². The number of hydrogen-bond donors (Lipinski definition) is 1. The van der Waals surface area contributed by atoms with Gasteiger partial charge in [-0.25, -0.2) is 0 Å². The predicted octanol–water partition coefficient (Wildman–Crippen LogP) is 0.853. The van der Waals surface area contributed by atoms with Crippen LogP contribution < -0.4 is 0 Å². The van der Waals surface area contributed by atoms with E-state index >= 15 is 0 Å². The van der Waals surface area contributed by atoms with Crippen LogP contribution in [0, 0.1) is 0 Å². The summed E-state index contributed by atoms with van der Waals surface area (Å²) in [5.41, 5.74) is 0. The van der Waals surface area contributed by atoms with Gasteiger partial charge in [0.1, 0.15) is 6.10 Å². The molecule has 0 heterocycles. The Morgan fingerprint density at radius 3 is 3.00 bits per heavy atom. The second-order valence-electron chi connectivity index (χ2n) is 2.80. The molecule has 2 atom stereocenters. The molecule has 1 rings (SSSR count). The summed E-state index contributed by atoms with van der Waals surface area (Å²) in [7, 11) is 0. The van der Waals surface area contributed by atoms with Crippen molar-refractivity contribution < 1.29 is 18.8 Å². The summed E-state index contributed by atoms with van der Waals surface area (Å²) in [6, 6.07) is 0. The molecule has 0 aromatic heterocycles. The quantitative estimate of drug-likeness (QED) is 0.580. The second-order valence-corrected chi connectivity index (χ2v) is 2.80. The first-order valence-electron chi connectivity index (χ1n) is 5.30. The third-order valence-corrected chi connectivity index (χ3v) is 1.93. The standard InChI is InChI=1S/C8H14O3/c1-6(9)11-8-5-3-2-4-7(8)10/h7-8,10H,2-5H2,1H3/t7-,8+/m1/s1/i1D3. The first-order valence-corrected chi connectivity index (χ1v) is 3.80. The van der Waals surface area contributed by atoms with Gasteiger partial charge >= 0.3 is 5.97 Å². The molecule has 1 fully saturated rings. The zero-order valence-electron chi connectivity index (χ0n) is 9.25. The van der Waals surface area contributed by atoms with Gasteiger partial charge in [0.2, 0.25) is 0 Å². The Bertz CT molecular complexity index is 214. The molecule has 1 saturated carbocycles. The Hall–Kier alpha value is -0.570. The fraction of sp³-hybridized carbons (Fsp3) is 0.875. The topological polar surface area (TPSA) is 46.5 Å². The third kappa shape index (κ3) is 2.50. The van der Waals surface area contributed by atoms with Gasteiger partial charge in [-0.05, 0) is 19.3 Å². The van der Waals surface area contributed by atoms with Crippen molar-refractivity contribution in [3.05, 3.63) is 0 Å². The largest absolute Gasteiger partial charge is 0.460 e. The van der Waals surface area contributed by atoms with Crippen molar-refractivity contribution in [2.24, 2.45) is 0 Å². The zero-order valence-corrected chi connectivity index (χ0v) is 6.25. The average Bonchev–Trinajstić information content (AvgIpc) is 2.07. The lowest BCUT2D eigenvalue weighted by Gasteiger charge is -2.26. The Kier molecular flexibility index (Phi) is 1.74. The van der Waals surface area contributed by atoms with E-state index in [1.165, 1.54) is 0 Å². The highest BCUT2D eigenvalue weighted by atomic mass is 16.6. The summed E-state index contributed by atoms with van der Waals surface area (Å²) in [5, 5.41) is 9.42. The van der Waals surface area contributed by atoms with E-state index in [0.717, 1.165) is 12.8 Å². The minimum atomic E-state index is -2.73. The van der Waals surface area contributed by atoms with Gasteiger partial charge in [-0.1, -0.05) is 6.42 Å². The Balaban J connectivity index is 2.46. The van der Waals surface area contributed by atoms with E-state index < -0.39 is 25.0 Å². The zero-order chi connectivity index (χ0) is 10.8. The molecule has 0 radical (unpaired) electrons. The number of aliphatic hydroxyl groups excluding tert-OH is 1. The molecule has 0 aromatic carbocycles. The molecule has 0 aromatic rings. The fourth-order valence-electron chi connectivity index (χ4n) is 1.35. The molecule has 3 nitrogen and oxygen atoms in total. The Morgan fingerprint density at radius 2 is 2.36 bits per heavy atom. The highest BCUT2D eigenvalue weighted by molar-refractivity contribution is 5.66. The molecular weight excluding hydrogens is 144 g/mol. The van der Waals surface area contributed by atoms with E-state index in [-0.39, 0.29) is 0 Å². The van der Waals surface area contributed by atoms with Gasteiger partial charge in [0.15, 0.2) is 0 Å². The average molecular weight is 161 g/mol. The van der Waals surface area contributed by atoms with E-state index in [0.29, 0.717) is 12.8 Å². The summed E-state index contributed by atoms with van der Waals surface area (Å²) < 4.78 is 25.1. The van der Waals surface area contributed by atoms with Crippen LogP contribution in [0.3, 0.4) is 0 Å². The van der Waals surface area contributed by atoms with E-state index in [1.54, 1.807) is 0 Å². The van der Waals surface area contributed by atoms with Crippen molar-refractivity contribution in [3.63, 3.8) is 0 Å². The minimum Gasteiger partial charge on any atom is -0.460 e. The van der Waals surface area contributed by atoms with Crippen molar-refractivity contribution in [1.82, 2.24) is 0 Å². The molecule has 0 saturated heterocycles. The summed E-state index contributed by atoms with van der Waals surface area (Å²) >= 11 is 0. The maximum atomic E-state index is 11.0. The van der Waals surface area contributed by atoms with Gasteiger partial charge < -0.3 is 9.84 Å². The molecule has 1 aliphatic rings. The number of carbonyl (C=O) groups excluding carboxylic acids is 1. The summed E-state index contributed by atoms with van der Waals surface area (Å²) in [6.45, 7) is -2.73. The van der Waals surface area contributed by atoms with E-state index in [9.17, 15) is 9.90 Å². The minimum absolute atomic E-state index is 0.545. The third-order valence-electron chi connectivity index (χ3n) is 1.93. The smallest absolute Gasteiger partial charge is 0.302 e. The van der Waals surface area contributed by atoms with Crippen molar-refractivity contribution in [1.29, 1.82) is 0 Å². The van der Waals surface area contributed by atoms with Crippen LogP contribution in [0.4, 0.5) is 0 Å². The number of ether oxygens (including phenoxy) is 1. The lowest BCUT2D eigenvalue weighted by atomic mass is 9.95. The first kappa shape index (κ1) is 5.14. The molecule has 64 valence electrons. The molecule has 1 N–H and O–H groups in total. The van der Waals surface area contributed by atoms with Gasteiger partial charge in [0.05, 0.1) is 6.10 Å². The molecule has 1 aliphatic carbocycles. The maximum Gasteiger partial charge on any atom is 0.302 e. The lowest BCUT2D eigenvalue weighted by Crippen LogP contribution is -2.33. The monoisotopic (exact) mass is 161 g/mol. The van der Waals surface area contributed by atoms with Crippen LogP contribution in [0.2, 0.25) is 0 Å². The van der Waals surface area contributed by atoms with Crippen molar-refractivity contribution in [2.45, 2.75) is 44.7 Å². The van der Waals surface area contributed by atoms with E-state index in [4.69, 9.17) is 8.85 Å². The Morgan fingerprint density at radius 1 is 1.64 bits per heavy atom. The number of rotatable bonds is 1. The van der Waals surface area contributed by atoms with Crippen LogP contribution >= 0.6 is 0 Å². The van der Waals surface area contributed by atoms with Crippen LogP contribution in [0.1, 0.15) is 36.6 Å². The van der Waals surface area contributed by atoms with Crippen molar-refractivity contribution >= 4 is 5.97 Å². The number of hydrogen-bond acceptors (Lipinski definition) is 3. The molecule has 0 unspecified atom stereocenters. The Labute approximate surface area is 70.6 Å². The van der Waals surface area contributed by atoms with E-state index in [1.807, 2.05) is 0 Å². The molecule has 0 aliphatic heterocycles.